The van der Waals surface area contributed by atoms with E-state index in [0.717, 1.165) is 0 Å². The summed E-state index contributed by atoms with van der Waals surface area (Å²) >= 11 is 6.64. The summed E-state index contributed by atoms with van der Waals surface area (Å²) in [4.78, 5) is 22.1. The van der Waals surface area contributed by atoms with Crippen molar-refractivity contribution in [1.82, 2.24) is 5.32 Å². The molecule has 0 bridgehead atoms. The van der Waals surface area contributed by atoms with Crippen molar-refractivity contribution in [2.24, 2.45) is 0 Å². The van der Waals surface area contributed by atoms with Gasteiger partial charge in [0.15, 0.2) is 0 Å². The van der Waals surface area contributed by atoms with Crippen LogP contribution < -0.4 is 5.32 Å². The molecule has 18 heavy (non-hydrogen) atoms. The summed E-state index contributed by atoms with van der Waals surface area (Å²) in [6.45, 7) is 1.87. The molecule has 7 heteroatoms. The summed E-state index contributed by atoms with van der Waals surface area (Å²) in [5, 5.41) is 14.6. The number of alkyl halides is 2. The molecule has 0 spiro atoms. The topological polar surface area (TPSA) is 72.2 Å². The highest BCUT2D eigenvalue weighted by Gasteiger charge is 2.24. The highest BCUT2D eigenvalue weighted by atomic mass is 79.9. The van der Waals surface area contributed by atoms with Crippen LogP contribution in [0.3, 0.4) is 0 Å². The van der Waals surface area contributed by atoms with E-state index in [2.05, 4.69) is 37.2 Å². The van der Waals surface area contributed by atoms with Crippen molar-refractivity contribution >= 4 is 43.5 Å². The number of nitrogens with zero attached hydrogens (tertiary/aromatic N) is 1. The number of halogens is 2. The SMILES string of the molecule is CC(CBr)(CBr)NC(=O)c1cccc([N+](=O)[O-])c1. The van der Waals surface area contributed by atoms with Gasteiger partial charge in [-0.15, -0.1) is 0 Å². The highest BCUT2D eigenvalue weighted by Crippen LogP contribution is 2.16. The minimum absolute atomic E-state index is 0.0953. The van der Waals surface area contributed by atoms with Crippen LogP contribution in [0, 0.1) is 10.1 Å². The van der Waals surface area contributed by atoms with Gasteiger partial charge in [0.1, 0.15) is 0 Å². The van der Waals surface area contributed by atoms with Crippen molar-refractivity contribution in [1.29, 1.82) is 0 Å². The lowest BCUT2D eigenvalue weighted by atomic mass is 10.1. The highest BCUT2D eigenvalue weighted by molar-refractivity contribution is 9.09. The predicted octanol–water partition coefficient (Wildman–Crippen LogP) is 2.87. The molecule has 0 aliphatic rings. The van der Waals surface area contributed by atoms with E-state index in [4.69, 9.17) is 0 Å². The van der Waals surface area contributed by atoms with Gasteiger partial charge in [0.2, 0.25) is 0 Å². The van der Waals surface area contributed by atoms with Gasteiger partial charge < -0.3 is 5.32 Å². The lowest BCUT2D eigenvalue weighted by molar-refractivity contribution is -0.384. The van der Waals surface area contributed by atoms with Crippen molar-refractivity contribution in [3.63, 3.8) is 0 Å². The molecule has 1 aromatic rings. The number of amides is 1. The number of nitrogens with one attached hydrogen (secondary N) is 1. The fourth-order valence-corrected chi connectivity index (χ4v) is 2.42. The van der Waals surface area contributed by atoms with E-state index in [-0.39, 0.29) is 17.2 Å². The Morgan fingerprint density at radius 3 is 2.56 bits per heavy atom. The second kappa shape index (κ2) is 6.29. The lowest BCUT2D eigenvalue weighted by Crippen LogP contribution is -2.48. The van der Waals surface area contributed by atoms with Crippen LogP contribution in [0.1, 0.15) is 17.3 Å². The van der Waals surface area contributed by atoms with Gasteiger partial charge in [-0.3, -0.25) is 14.9 Å². The molecule has 1 amide bonds. The summed E-state index contributed by atoms with van der Waals surface area (Å²) in [6, 6.07) is 5.65. The maximum Gasteiger partial charge on any atom is 0.270 e. The third-order valence-electron chi connectivity index (χ3n) is 2.32. The molecular weight excluding hydrogens is 368 g/mol. The maximum atomic E-state index is 12.0. The van der Waals surface area contributed by atoms with E-state index < -0.39 is 10.5 Å². The van der Waals surface area contributed by atoms with Crippen LogP contribution in [0.5, 0.6) is 0 Å². The second-order valence-electron chi connectivity index (χ2n) is 4.09. The molecule has 1 N–H and O–H groups in total. The molecule has 0 saturated carbocycles. The number of rotatable bonds is 5. The number of non-ortho nitro benzene ring substituents is 1. The van der Waals surface area contributed by atoms with E-state index in [9.17, 15) is 14.9 Å². The van der Waals surface area contributed by atoms with Gasteiger partial charge in [-0.1, -0.05) is 37.9 Å². The molecule has 0 heterocycles. The maximum absolute atomic E-state index is 12.0. The minimum Gasteiger partial charge on any atom is -0.345 e. The Morgan fingerprint density at radius 1 is 1.44 bits per heavy atom. The standard InChI is InChI=1S/C11H12Br2N2O3/c1-11(6-12,7-13)14-10(16)8-3-2-4-9(5-8)15(17)18/h2-5H,6-7H2,1H3,(H,14,16). The summed E-state index contributed by atoms with van der Waals surface area (Å²) in [5.74, 6) is -0.333. The summed E-state index contributed by atoms with van der Waals surface area (Å²) in [7, 11) is 0. The summed E-state index contributed by atoms with van der Waals surface area (Å²) in [6.07, 6.45) is 0. The Kier molecular flexibility index (Phi) is 5.28. The van der Waals surface area contributed by atoms with Crippen LogP contribution in [0.2, 0.25) is 0 Å². The predicted molar refractivity (Wildman–Crippen MR) is 76.6 cm³/mol. The smallest absolute Gasteiger partial charge is 0.270 e. The number of hydrogen-bond acceptors (Lipinski definition) is 3. The normalized spacial score (nSPS) is 11.1. The molecule has 0 radical (unpaired) electrons. The Bertz CT molecular complexity index is 461. The van der Waals surface area contributed by atoms with Gasteiger partial charge in [-0.25, -0.2) is 0 Å². The average Bonchev–Trinajstić information content (AvgIpc) is 2.38. The van der Waals surface area contributed by atoms with Gasteiger partial charge in [0.25, 0.3) is 11.6 Å². The first-order valence-electron chi connectivity index (χ1n) is 5.11. The van der Waals surface area contributed by atoms with Crippen molar-refractivity contribution in [2.75, 3.05) is 10.7 Å². The van der Waals surface area contributed by atoms with Gasteiger partial charge in [0.05, 0.1) is 10.5 Å². The quantitative estimate of drug-likeness (QED) is 0.485. The molecule has 5 nitrogen and oxygen atoms in total. The van der Waals surface area contributed by atoms with Gasteiger partial charge in [-0.2, -0.15) is 0 Å². The van der Waals surface area contributed by atoms with Crippen LogP contribution in [0.15, 0.2) is 24.3 Å². The fourth-order valence-electron chi connectivity index (χ4n) is 1.21. The molecule has 98 valence electrons. The van der Waals surface area contributed by atoms with E-state index >= 15 is 0 Å². The number of benzene rings is 1. The summed E-state index contributed by atoms with van der Waals surface area (Å²) < 4.78 is 0. The number of carbonyl (C=O) groups is 1. The number of hydrogen-bond donors (Lipinski definition) is 1. The van der Waals surface area contributed by atoms with Crippen molar-refractivity contribution in [3.05, 3.63) is 39.9 Å². The molecule has 1 rings (SSSR count). The van der Waals surface area contributed by atoms with Crippen LogP contribution in [0.25, 0.3) is 0 Å². The van der Waals surface area contributed by atoms with Crippen molar-refractivity contribution in [2.45, 2.75) is 12.5 Å². The number of nitro benzene ring substituents is 1. The van der Waals surface area contributed by atoms with Gasteiger partial charge in [-0.05, 0) is 13.0 Å². The summed E-state index contributed by atoms with van der Waals surface area (Å²) in [5.41, 5.74) is -0.263. The molecule has 0 saturated heterocycles. The Morgan fingerprint density at radius 2 is 2.06 bits per heavy atom. The molecule has 0 fully saturated rings. The third-order valence-corrected chi connectivity index (χ3v) is 4.80. The van der Waals surface area contributed by atoms with E-state index in [1.807, 2.05) is 6.92 Å². The zero-order chi connectivity index (χ0) is 13.8. The Hall–Kier alpha value is -0.950. The molecule has 0 unspecified atom stereocenters. The first-order valence-corrected chi connectivity index (χ1v) is 7.35. The van der Waals surface area contributed by atoms with Crippen LogP contribution >= 0.6 is 31.9 Å². The number of carbonyl (C=O) groups excluding carboxylic acids is 1. The zero-order valence-electron chi connectivity index (χ0n) is 9.65. The number of nitro groups is 1. The molecule has 0 aromatic heterocycles. The van der Waals surface area contributed by atoms with Gasteiger partial charge in [0, 0.05) is 28.4 Å². The van der Waals surface area contributed by atoms with E-state index in [1.165, 1.54) is 18.2 Å². The van der Waals surface area contributed by atoms with Crippen molar-refractivity contribution < 1.29 is 9.72 Å². The van der Waals surface area contributed by atoms with Crippen LogP contribution in [0.4, 0.5) is 5.69 Å². The van der Waals surface area contributed by atoms with E-state index in [1.54, 1.807) is 6.07 Å². The van der Waals surface area contributed by atoms with Crippen LogP contribution in [-0.4, -0.2) is 27.0 Å². The Balaban J connectivity index is 2.91. The molecule has 1 aromatic carbocycles. The second-order valence-corrected chi connectivity index (χ2v) is 5.21. The first kappa shape index (κ1) is 15.1. The monoisotopic (exact) mass is 378 g/mol. The van der Waals surface area contributed by atoms with Crippen LogP contribution in [-0.2, 0) is 0 Å². The molecular formula is C11H12Br2N2O3. The average molecular weight is 380 g/mol. The first-order chi connectivity index (χ1) is 8.41. The zero-order valence-corrected chi connectivity index (χ0v) is 12.8. The molecule has 0 atom stereocenters. The van der Waals surface area contributed by atoms with E-state index in [0.29, 0.717) is 10.7 Å². The van der Waals surface area contributed by atoms with Crippen molar-refractivity contribution in [3.8, 4) is 0 Å². The Labute approximate surface area is 121 Å². The lowest BCUT2D eigenvalue weighted by Gasteiger charge is -2.26. The third kappa shape index (κ3) is 3.78. The largest absolute Gasteiger partial charge is 0.345 e. The van der Waals surface area contributed by atoms with Gasteiger partial charge >= 0.3 is 0 Å². The molecule has 0 aliphatic carbocycles. The minimum atomic E-state index is -0.523. The fraction of sp³-hybridized carbons (Fsp3) is 0.364. The molecule has 0 aliphatic heterocycles.